The van der Waals surface area contributed by atoms with Crippen molar-refractivity contribution >= 4 is 24.0 Å². The number of ether oxygens (including phenoxy) is 2. The first kappa shape index (κ1) is 32.7. The van der Waals surface area contributed by atoms with Crippen molar-refractivity contribution in [2.45, 2.75) is 78.7 Å². The van der Waals surface area contributed by atoms with Crippen LogP contribution in [0.4, 0.5) is 9.59 Å². The lowest BCUT2D eigenvalue weighted by Gasteiger charge is -2.19. The Bertz CT molecular complexity index is 882. The van der Waals surface area contributed by atoms with Crippen LogP contribution >= 0.6 is 0 Å². The number of carbonyl (C=O) groups is 4. The Balaban J connectivity index is 2.19. The van der Waals surface area contributed by atoms with Crippen LogP contribution in [0.2, 0.25) is 0 Å². The number of hydrogen-bond donors (Lipinski definition) is 4. The summed E-state index contributed by atoms with van der Waals surface area (Å²) < 4.78 is 10.2. The second-order valence-corrected chi connectivity index (χ2v) is 10.6. The fourth-order valence-electron chi connectivity index (χ4n) is 3.25. The zero-order chi connectivity index (χ0) is 28.4. The number of amides is 4. The molecule has 0 saturated carbocycles. The molecule has 0 aromatic heterocycles. The van der Waals surface area contributed by atoms with Crippen LogP contribution < -0.4 is 21.3 Å². The minimum absolute atomic E-state index is 0.229. The maximum Gasteiger partial charge on any atom is 0.407 e. The molecule has 1 aromatic carbocycles. The lowest BCUT2D eigenvalue weighted by atomic mass is 10.1. The topological polar surface area (TPSA) is 135 Å². The third-order valence-electron chi connectivity index (χ3n) is 5.15. The standard InChI is InChI=1S/C28H46N4O6/c1-21(2)20-37-26(35)31-17-10-6-8-15-29-24(33)22-13-12-14-23(19-22)25(34)30-16-9-7-11-18-32-27(36)38-28(3,4)5/h12-14,19,21H,6-11,15-18,20H2,1-5H3,(H,29,33)(H,30,34)(H,31,35)(H,32,36). The fraction of sp³-hybridized carbons (Fsp3) is 0.643. The van der Waals surface area contributed by atoms with Crippen LogP contribution in [0.5, 0.6) is 0 Å². The highest BCUT2D eigenvalue weighted by Gasteiger charge is 2.15. The molecule has 10 heteroatoms. The van der Waals surface area contributed by atoms with Crippen molar-refractivity contribution in [1.29, 1.82) is 0 Å². The molecule has 0 aliphatic rings. The molecule has 38 heavy (non-hydrogen) atoms. The summed E-state index contributed by atoms with van der Waals surface area (Å²) in [4.78, 5) is 48.0. The zero-order valence-corrected chi connectivity index (χ0v) is 23.6. The van der Waals surface area contributed by atoms with Crippen molar-refractivity contribution in [3.8, 4) is 0 Å². The van der Waals surface area contributed by atoms with E-state index in [1.807, 2.05) is 34.6 Å². The Morgan fingerprint density at radius 2 is 1.16 bits per heavy atom. The largest absolute Gasteiger partial charge is 0.449 e. The van der Waals surface area contributed by atoms with Gasteiger partial charge in [-0.3, -0.25) is 9.59 Å². The lowest BCUT2D eigenvalue weighted by molar-refractivity contribution is 0.0526. The molecule has 0 bridgehead atoms. The van der Waals surface area contributed by atoms with Gasteiger partial charge in [0.2, 0.25) is 0 Å². The van der Waals surface area contributed by atoms with Gasteiger partial charge in [-0.15, -0.1) is 0 Å². The van der Waals surface area contributed by atoms with E-state index in [-0.39, 0.29) is 11.8 Å². The molecule has 1 aromatic rings. The highest BCUT2D eigenvalue weighted by Crippen LogP contribution is 2.07. The second kappa shape index (κ2) is 18.0. The van der Waals surface area contributed by atoms with Crippen molar-refractivity contribution in [2.75, 3.05) is 32.8 Å². The molecule has 0 fully saturated rings. The van der Waals surface area contributed by atoms with E-state index in [0.717, 1.165) is 38.5 Å². The third-order valence-corrected chi connectivity index (χ3v) is 5.15. The molecule has 10 nitrogen and oxygen atoms in total. The molecule has 0 saturated heterocycles. The zero-order valence-electron chi connectivity index (χ0n) is 23.6. The number of benzene rings is 1. The van der Waals surface area contributed by atoms with Crippen LogP contribution in [0, 0.1) is 5.92 Å². The normalized spacial score (nSPS) is 11.0. The molecule has 214 valence electrons. The van der Waals surface area contributed by atoms with Crippen molar-refractivity contribution < 1.29 is 28.7 Å². The molecule has 0 unspecified atom stereocenters. The number of carbonyl (C=O) groups excluding carboxylic acids is 4. The summed E-state index contributed by atoms with van der Waals surface area (Å²) in [5, 5.41) is 11.2. The van der Waals surface area contributed by atoms with E-state index < -0.39 is 17.8 Å². The summed E-state index contributed by atoms with van der Waals surface area (Å²) in [6.45, 7) is 11.9. The molecule has 4 N–H and O–H groups in total. The van der Waals surface area contributed by atoms with E-state index in [9.17, 15) is 19.2 Å². The van der Waals surface area contributed by atoms with Crippen LogP contribution in [0.15, 0.2) is 24.3 Å². The minimum atomic E-state index is -0.517. The highest BCUT2D eigenvalue weighted by molar-refractivity contribution is 5.99. The molecule has 0 aliphatic carbocycles. The van der Waals surface area contributed by atoms with E-state index in [0.29, 0.717) is 49.8 Å². The number of alkyl carbamates (subject to hydrolysis) is 2. The summed E-state index contributed by atoms with van der Waals surface area (Å²) in [5.74, 6) is -0.157. The lowest BCUT2D eigenvalue weighted by Crippen LogP contribution is -2.33. The summed E-state index contributed by atoms with van der Waals surface area (Å²) in [7, 11) is 0. The molecule has 0 radical (unpaired) electrons. The summed E-state index contributed by atoms with van der Waals surface area (Å²) >= 11 is 0. The van der Waals surface area contributed by atoms with Gasteiger partial charge in [0.05, 0.1) is 6.61 Å². The Labute approximate surface area is 227 Å². The van der Waals surface area contributed by atoms with Gasteiger partial charge < -0.3 is 30.7 Å². The number of hydrogen-bond acceptors (Lipinski definition) is 6. The van der Waals surface area contributed by atoms with Gasteiger partial charge >= 0.3 is 12.2 Å². The van der Waals surface area contributed by atoms with Gasteiger partial charge in [0.25, 0.3) is 11.8 Å². The monoisotopic (exact) mass is 534 g/mol. The van der Waals surface area contributed by atoms with Crippen LogP contribution in [-0.2, 0) is 9.47 Å². The van der Waals surface area contributed by atoms with Crippen molar-refractivity contribution in [3.63, 3.8) is 0 Å². The first-order valence-electron chi connectivity index (χ1n) is 13.5. The number of rotatable bonds is 16. The number of unbranched alkanes of at least 4 members (excludes halogenated alkanes) is 4. The maximum atomic E-state index is 12.5. The Morgan fingerprint density at radius 3 is 1.61 bits per heavy atom. The molecule has 0 atom stereocenters. The van der Waals surface area contributed by atoms with Crippen LogP contribution in [0.3, 0.4) is 0 Å². The molecule has 4 amide bonds. The van der Waals surface area contributed by atoms with E-state index in [4.69, 9.17) is 9.47 Å². The molecule has 0 aliphatic heterocycles. The average Bonchev–Trinajstić information content (AvgIpc) is 2.85. The van der Waals surface area contributed by atoms with Gasteiger partial charge in [0, 0.05) is 37.3 Å². The van der Waals surface area contributed by atoms with Gasteiger partial charge in [0.15, 0.2) is 0 Å². The Kier molecular flexibility index (Phi) is 15.5. The smallest absolute Gasteiger partial charge is 0.407 e. The minimum Gasteiger partial charge on any atom is -0.449 e. The predicted molar refractivity (Wildman–Crippen MR) is 147 cm³/mol. The molecular weight excluding hydrogens is 488 g/mol. The Hall–Kier alpha value is -3.30. The SMILES string of the molecule is CC(C)COC(=O)NCCCCCNC(=O)c1cccc(C(=O)NCCCCCNC(=O)OC(C)(C)C)c1. The van der Waals surface area contributed by atoms with Crippen molar-refractivity contribution in [2.24, 2.45) is 5.92 Å². The quantitative estimate of drug-likeness (QED) is 0.232. The van der Waals surface area contributed by atoms with Gasteiger partial charge in [-0.25, -0.2) is 9.59 Å². The van der Waals surface area contributed by atoms with Crippen molar-refractivity contribution in [3.05, 3.63) is 35.4 Å². The predicted octanol–water partition coefficient (Wildman–Crippen LogP) is 4.39. The second-order valence-electron chi connectivity index (χ2n) is 10.6. The first-order chi connectivity index (χ1) is 18.0. The maximum absolute atomic E-state index is 12.5. The highest BCUT2D eigenvalue weighted by atomic mass is 16.6. The van der Waals surface area contributed by atoms with E-state index in [1.165, 1.54) is 0 Å². The van der Waals surface area contributed by atoms with E-state index in [1.54, 1.807) is 24.3 Å². The summed E-state index contributed by atoms with van der Waals surface area (Å²) in [5.41, 5.74) is 0.344. The molecular formula is C28H46N4O6. The van der Waals surface area contributed by atoms with Gasteiger partial charge in [0.1, 0.15) is 5.60 Å². The van der Waals surface area contributed by atoms with Crippen LogP contribution in [0.25, 0.3) is 0 Å². The fourth-order valence-corrected chi connectivity index (χ4v) is 3.25. The summed E-state index contributed by atoms with van der Waals surface area (Å²) in [6.07, 6.45) is 4.00. The van der Waals surface area contributed by atoms with Crippen LogP contribution in [-0.4, -0.2) is 62.4 Å². The first-order valence-corrected chi connectivity index (χ1v) is 13.5. The average molecular weight is 535 g/mol. The Morgan fingerprint density at radius 1 is 0.711 bits per heavy atom. The van der Waals surface area contributed by atoms with Gasteiger partial charge in [-0.1, -0.05) is 19.9 Å². The van der Waals surface area contributed by atoms with E-state index in [2.05, 4.69) is 21.3 Å². The van der Waals surface area contributed by atoms with Gasteiger partial charge in [-0.05, 0) is 83.4 Å². The van der Waals surface area contributed by atoms with E-state index >= 15 is 0 Å². The molecule has 0 spiro atoms. The van der Waals surface area contributed by atoms with Crippen molar-refractivity contribution in [1.82, 2.24) is 21.3 Å². The van der Waals surface area contributed by atoms with Crippen LogP contribution in [0.1, 0.15) is 93.9 Å². The molecule has 1 rings (SSSR count). The third kappa shape index (κ3) is 16.4. The summed E-state index contributed by atoms with van der Waals surface area (Å²) in [6, 6.07) is 6.63. The molecule has 0 heterocycles. The van der Waals surface area contributed by atoms with Gasteiger partial charge in [-0.2, -0.15) is 0 Å². The number of nitrogens with one attached hydrogen (secondary N) is 4.